The molecular formula is C26H31N2+. The van der Waals surface area contributed by atoms with Gasteiger partial charge >= 0.3 is 0 Å². The van der Waals surface area contributed by atoms with Crippen LogP contribution in [0.4, 0.5) is 0 Å². The summed E-state index contributed by atoms with van der Waals surface area (Å²) >= 11 is 0. The first-order valence-corrected chi connectivity index (χ1v) is 10.7. The third kappa shape index (κ3) is 2.90. The number of benzene rings is 2. The van der Waals surface area contributed by atoms with Crippen LogP contribution < -0.4 is 0 Å². The number of hydrogen-bond donors (Lipinski definition) is 0. The molecule has 144 valence electrons. The molecule has 28 heavy (non-hydrogen) atoms. The van der Waals surface area contributed by atoms with Gasteiger partial charge in [-0.1, -0.05) is 66.7 Å². The van der Waals surface area contributed by atoms with E-state index in [0.29, 0.717) is 0 Å². The molecule has 3 heterocycles. The molecule has 0 N–H and O–H groups in total. The SMILES string of the molecule is C=CCCC[N+]12CCC(C(C#N)(c3ccccc3)c3ccccc3)(CC1)CC2. The number of nitrogens with zero attached hydrogens (tertiary/aromatic N) is 2. The van der Waals surface area contributed by atoms with Crippen molar-refractivity contribution in [3.63, 3.8) is 0 Å². The normalized spacial score (nSPS) is 26.5. The van der Waals surface area contributed by atoms with Gasteiger partial charge in [-0.05, 0) is 17.5 Å². The van der Waals surface area contributed by atoms with Crippen molar-refractivity contribution in [3.8, 4) is 6.07 Å². The summed E-state index contributed by atoms with van der Waals surface area (Å²) in [5.74, 6) is 0. The van der Waals surface area contributed by atoms with E-state index in [1.807, 2.05) is 6.08 Å². The summed E-state index contributed by atoms with van der Waals surface area (Å²) in [6.07, 6.45) is 7.80. The van der Waals surface area contributed by atoms with Gasteiger partial charge in [-0.2, -0.15) is 5.26 Å². The smallest absolute Gasteiger partial charge is 0.113 e. The molecule has 3 saturated heterocycles. The Morgan fingerprint density at radius 1 is 0.929 bits per heavy atom. The Bertz CT molecular complexity index is 783. The van der Waals surface area contributed by atoms with Crippen LogP contribution in [0.5, 0.6) is 0 Å². The number of hydrogen-bond acceptors (Lipinski definition) is 1. The third-order valence-corrected chi connectivity index (χ3v) is 7.61. The molecule has 2 bridgehead atoms. The highest BCUT2D eigenvalue weighted by atomic mass is 15.4. The Kier molecular flexibility index (Phi) is 5.13. The minimum Gasteiger partial charge on any atom is -0.324 e. The van der Waals surface area contributed by atoms with Gasteiger partial charge in [0.1, 0.15) is 5.41 Å². The molecule has 0 radical (unpaired) electrons. The second-order valence-corrected chi connectivity index (χ2v) is 8.79. The van der Waals surface area contributed by atoms with Crippen LogP contribution in [0.25, 0.3) is 0 Å². The van der Waals surface area contributed by atoms with E-state index in [1.165, 1.54) is 37.1 Å². The van der Waals surface area contributed by atoms with Gasteiger partial charge in [-0.15, -0.1) is 6.58 Å². The molecule has 0 aromatic heterocycles. The number of quaternary nitrogens is 1. The van der Waals surface area contributed by atoms with Crippen molar-refractivity contribution < 1.29 is 4.48 Å². The first-order valence-electron chi connectivity index (χ1n) is 10.7. The van der Waals surface area contributed by atoms with Crippen molar-refractivity contribution in [1.82, 2.24) is 0 Å². The quantitative estimate of drug-likeness (QED) is 0.360. The largest absolute Gasteiger partial charge is 0.324 e. The highest BCUT2D eigenvalue weighted by Gasteiger charge is 2.61. The summed E-state index contributed by atoms with van der Waals surface area (Å²) in [6.45, 7) is 8.77. The summed E-state index contributed by atoms with van der Waals surface area (Å²) in [5.41, 5.74) is 1.80. The van der Waals surface area contributed by atoms with Crippen LogP contribution in [0, 0.1) is 16.7 Å². The lowest BCUT2D eigenvalue weighted by atomic mass is 9.50. The van der Waals surface area contributed by atoms with Crippen molar-refractivity contribution in [1.29, 1.82) is 5.26 Å². The Balaban J connectivity index is 1.74. The molecule has 3 aliphatic heterocycles. The maximum atomic E-state index is 10.7. The number of allylic oxidation sites excluding steroid dienone is 1. The van der Waals surface area contributed by atoms with Gasteiger partial charge in [0.15, 0.2) is 0 Å². The second kappa shape index (κ2) is 7.57. The molecule has 2 heteroatoms. The van der Waals surface area contributed by atoms with Gasteiger partial charge in [0, 0.05) is 31.1 Å². The zero-order valence-corrected chi connectivity index (χ0v) is 16.8. The van der Waals surface area contributed by atoms with E-state index in [4.69, 9.17) is 0 Å². The van der Waals surface area contributed by atoms with Crippen LogP contribution >= 0.6 is 0 Å². The molecule has 0 spiro atoms. The van der Waals surface area contributed by atoms with Gasteiger partial charge in [0.25, 0.3) is 0 Å². The van der Waals surface area contributed by atoms with E-state index < -0.39 is 5.41 Å². The summed E-state index contributed by atoms with van der Waals surface area (Å²) in [7, 11) is 0. The van der Waals surface area contributed by atoms with E-state index in [1.54, 1.807) is 0 Å². The molecule has 3 fully saturated rings. The molecule has 2 aromatic rings. The second-order valence-electron chi connectivity index (χ2n) is 8.79. The molecule has 0 unspecified atom stereocenters. The number of nitriles is 1. The Morgan fingerprint density at radius 3 is 1.86 bits per heavy atom. The van der Waals surface area contributed by atoms with Gasteiger partial charge in [-0.25, -0.2) is 0 Å². The number of rotatable bonds is 7. The maximum Gasteiger partial charge on any atom is 0.113 e. The van der Waals surface area contributed by atoms with Crippen LogP contribution in [-0.2, 0) is 5.41 Å². The van der Waals surface area contributed by atoms with Crippen molar-refractivity contribution in [2.24, 2.45) is 5.41 Å². The summed E-state index contributed by atoms with van der Waals surface area (Å²) < 4.78 is 1.25. The van der Waals surface area contributed by atoms with E-state index >= 15 is 0 Å². The van der Waals surface area contributed by atoms with Crippen LogP contribution in [-0.4, -0.2) is 30.7 Å². The first-order chi connectivity index (χ1) is 13.7. The van der Waals surface area contributed by atoms with Crippen LogP contribution in [0.1, 0.15) is 43.2 Å². The van der Waals surface area contributed by atoms with Gasteiger partial charge in [-0.3, -0.25) is 0 Å². The van der Waals surface area contributed by atoms with E-state index in [2.05, 4.69) is 73.3 Å². The van der Waals surface area contributed by atoms with Gasteiger partial charge in [0.05, 0.1) is 32.2 Å². The molecule has 0 saturated carbocycles. The Morgan fingerprint density at radius 2 is 1.43 bits per heavy atom. The van der Waals surface area contributed by atoms with Crippen LogP contribution in [0.2, 0.25) is 0 Å². The third-order valence-electron chi connectivity index (χ3n) is 7.61. The molecule has 2 aromatic carbocycles. The lowest BCUT2D eigenvalue weighted by molar-refractivity contribution is -0.946. The molecule has 3 aliphatic rings. The molecule has 0 aliphatic carbocycles. The van der Waals surface area contributed by atoms with E-state index in [9.17, 15) is 5.26 Å². The summed E-state index contributed by atoms with van der Waals surface area (Å²) in [4.78, 5) is 0. The molecule has 2 nitrogen and oxygen atoms in total. The minimum atomic E-state index is -0.562. The maximum absolute atomic E-state index is 10.7. The lowest BCUT2D eigenvalue weighted by Gasteiger charge is -2.60. The van der Waals surface area contributed by atoms with E-state index in [0.717, 1.165) is 36.8 Å². The number of unbranched alkanes of at least 4 members (excludes halogenated alkanes) is 1. The predicted molar refractivity (Wildman–Crippen MR) is 115 cm³/mol. The average Bonchev–Trinajstić information content (AvgIpc) is 2.78. The Labute approximate surface area is 169 Å². The average molecular weight is 372 g/mol. The first kappa shape index (κ1) is 19.0. The Hall–Kier alpha value is -2.37. The number of piperidine rings is 3. The zero-order valence-electron chi connectivity index (χ0n) is 16.8. The monoisotopic (exact) mass is 371 g/mol. The fraction of sp³-hybridized carbons (Fsp3) is 0.423. The highest BCUT2D eigenvalue weighted by Crippen LogP contribution is 2.58. The van der Waals surface area contributed by atoms with Crippen molar-refractivity contribution in [2.75, 3.05) is 26.2 Å². The van der Waals surface area contributed by atoms with E-state index in [-0.39, 0.29) is 5.41 Å². The fourth-order valence-corrected chi connectivity index (χ4v) is 5.94. The van der Waals surface area contributed by atoms with Crippen molar-refractivity contribution in [2.45, 2.75) is 37.5 Å². The van der Waals surface area contributed by atoms with Gasteiger partial charge in [0.2, 0.25) is 0 Å². The fourth-order valence-electron chi connectivity index (χ4n) is 5.94. The topological polar surface area (TPSA) is 23.8 Å². The molecule has 0 amide bonds. The highest BCUT2D eigenvalue weighted by molar-refractivity contribution is 5.49. The minimum absolute atomic E-state index is 0.0306. The lowest BCUT2D eigenvalue weighted by Crippen LogP contribution is -2.66. The molecule has 5 rings (SSSR count). The molecular weight excluding hydrogens is 340 g/mol. The van der Waals surface area contributed by atoms with Crippen molar-refractivity contribution >= 4 is 0 Å². The van der Waals surface area contributed by atoms with Crippen LogP contribution in [0.3, 0.4) is 0 Å². The standard InChI is InChI=1S/C26H31N2/c1-2-3-10-18-28-19-15-25(16-20-28,17-21-28)26(22-27,23-11-6-4-7-12-23)24-13-8-5-9-14-24/h2,4-9,11-14H,1,3,10,15-21H2/q+1. The zero-order chi connectivity index (χ0) is 19.5. The van der Waals surface area contributed by atoms with Crippen molar-refractivity contribution in [3.05, 3.63) is 84.4 Å². The molecule has 0 atom stereocenters. The summed E-state index contributed by atoms with van der Waals surface area (Å²) in [6, 6.07) is 24.0. The van der Waals surface area contributed by atoms with Gasteiger partial charge < -0.3 is 4.48 Å². The number of fused-ring (bicyclic) bond motifs is 3. The predicted octanol–water partition coefficient (Wildman–Crippen LogP) is 5.46. The summed E-state index contributed by atoms with van der Waals surface area (Å²) in [5, 5.41) is 10.7. The van der Waals surface area contributed by atoms with Crippen LogP contribution in [0.15, 0.2) is 73.3 Å².